The quantitative estimate of drug-likeness (QED) is 0.287. The maximum atomic E-state index is 11.7. The number of hydrogen-bond acceptors (Lipinski definition) is 8. The molecule has 1 amide bonds. The van der Waals surface area contributed by atoms with Gasteiger partial charge < -0.3 is 25.6 Å². The second-order valence-electron chi connectivity index (χ2n) is 9.19. The van der Waals surface area contributed by atoms with Crippen LogP contribution >= 0.6 is 11.6 Å². The largest absolute Gasteiger partial charge is 0.375 e. The third-order valence-electron chi connectivity index (χ3n) is 6.64. The molecule has 0 aromatic carbocycles. The van der Waals surface area contributed by atoms with Crippen LogP contribution in [-0.2, 0) is 9.53 Å². The van der Waals surface area contributed by atoms with Gasteiger partial charge in [-0.2, -0.15) is 0 Å². The molecule has 0 saturated carbocycles. The second-order valence-corrected chi connectivity index (χ2v) is 9.69. The first-order chi connectivity index (χ1) is 17.5. The minimum atomic E-state index is -0.387. The molecule has 36 heavy (non-hydrogen) atoms. The molecule has 1 fully saturated rings. The number of amides is 1. The van der Waals surface area contributed by atoms with Gasteiger partial charge in [-0.3, -0.25) is 10.1 Å². The first kappa shape index (κ1) is 26.3. The van der Waals surface area contributed by atoms with E-state index in [1.54, 1.807) is 13.3 Å². The highest BCUT2D eigenvalue weighted by molar-refractivity contribution is 6.29. The maximum Gasteiger partial charge on any atom is 0.243 e. The van der Waals surface area contributed by atoms with Crippen molar-refractivity contribution in [3.63, 3.8) is 0 Å². The smallest absolute Gasteiger partial charge is 0.243 e. The topological polar surface area (TPSA) is 102 Å². The Bertz CT molecular complexity index is 996. The number of hydrogen-bond donors (Lipinski definition) is 4. The highest BCUT2D eigenvalue weighted by Gasteiger charge is 2.28. The van der Waals surface area contributed by atoms with E-state index in [0.717, 1.165) is 38.2 Å². The van der Waals surface area contributed by atoms with Gasteiger partial charge >= 0.3 is 0 Å². The van der Waals surface area contributed by atoms with Gasteiger partial charge in [0.15, 0.2) is 0 Å². The average molecular weight is 514 g/mol. The Hall–Kier alpha value is -2.72. The summed E-state index contributed by atoms with van der Waals surface area (Å²) in [5.41, 5.74) is 2.24. The number of carbonyl (C=O) groups excluding carboxylic acids is 1. The zero-order valence-electron chi connectivity index (χ0n) is 20.9. The Morgan fingerprint density at radius 2 is 2.14 bits per heavy atom. The molecule has 0 aromatic heterocycles. The number of nitrogens with zero attached hydrogens (tertiary/aromatic N) is 3. The zero-order valence-corrected chi connectivity index (χ0v) is 21.6. The maximum absolute atomic E-state index is 11.7. The van der Waals surface area contributed by atoms with E-state index in [1.165, 1.54) is 11.8 Å². The first-order valence-electron chi connectivity index (χ1n) is 12.4. The lowest BCUT2D eigenvalue weighted by atomic mass is 9.97. The van der Waals surface area contributed by atoms with Gasteiger partial charge in [0, 0.05) is 51.2 Å². The number of halogens is 1. The molecule has 4 aliphatic rings. The minimum Gasteiger partial charge on any atom is -0.375 e. The normalized spacial score (nSPS) is 30.7. The number of methoxy groups -OCH3 is 1. The van der Waals surface area contributed by atoms with Gasteiger partial charge in [0.2, 0.25) is 11.9 Å². The minimum absolute atomic E-state index is 0.0294. The van der Waals surface area contributed by atoms with Crippen molar-refractivity contribution in [2.75, 3.05) is 33.3 Å². The van der Waals surface area contributed by atoms with Gasteiger partial charge in [0.1, 0.15) is 17.6 Å². The highest BCUT2D eigenvalue weighted by atomic mass is 35.5. The third kappa shape index (κ3) is 6.73. The van der Waals surface area contributed by atoms with Crippen molar-refractivity contribution in [3.8, 4) is 0 Å². The van der Waals surface area contributed by atoms with Gasteiger partial charge in [-0.25, -0.2) is 9.98 Å². The molecule has 0 radical (unpaired) electrons. The number of ether oxygens (including phenoxy) is 1. The van der Waals surface area contributed by atoms with Gasteiger partial charge in [0.05, 0.1) is 12.1 Å². The van der Waals surface area contributed by atoms with Crippen LogP contribution in [0, 0.1) is 0 Å². The summed E-state index contributed by atoms with van der Waals surface area (Å²) in [6.45, 7) is 9.51. The molecule has 1 saturated heterocycles. The first-order valence-corrected chi connectivity index (χ1v) is 12.9. The van der Waals surface area contributed by atoms with Gasteiger partial charge in [0.25, 0.3) is 0 Å². The number of piperazine rings is 1. The number of carbonyl (C=O) groups is 1. The summed E-state index contributed by atoms with van der Waals surface area (Å²) in [6, 6.07) is -0.192. The van der Waals surface area contributed by atoms with E-state index in [9.17, 15) is 4.79 Å². The van der Waals surface area contributed by atoms with Crippen LogP contribution in [0.3, 0.4) is 0 Å². The molecule has 6 atom stereocenters. The van der Waals surface area contributed by atoms with Crippen LogP contribution in [0.1, 0.15) is 13.3 Å². The summed E-state index contributed by atoms with van der Waals surface area (Å²) < 4.78 is 5.77. The fourth-order valence-corrected chi connectivity index (χ4v) is 4.81. The Balaban J connectivity index is 1.38. The highest BCUT2D eigenvalue weighted by Crippen LogP contribution is 2.20. The summed E-state index contributed by atoms with van der Waals surface area (Å²) in [4.78, 5) is 23.2. The number of guanidine groups is 1. The summed E-state index contributed by atoms with van der Waals surface area (Å²) in [5, 5.41) is 12.8. The Kier molecular flexibility index (Phi) is 9.14. The molecule has 9 nitrogen and oxygen atoms in total. The van der Waals surface area contributed by atoms with Crippen LogP contribution in [0.25, 0.3) is 0 Å². The SMILES string of the molecule is C=CC(=O)NC1C=C(C(C)NC2N=C(NC3C=CC(N4CCNCC4)=CC3OC)N=CC2Cl)C=CC1. The summed E-state index contributed by atoms with van der Waals surface area (Å²) in [6.07, 6.45) is 15.8. The zero-order chi connectivity index (χ0) is 25.5. The van der Waals surface area contributed by atoms with Gasteiger partial charge in [-0.15, -0.1) is 11.6 Å². The molecule has 2 heterocycles. The van der Waals surface area contributed by atoms with Crippen molar-refractivity contribution in [1.29, 1.82) is 0 Å². The van der Waals surface area contributed by atoms with Gasteiger partial charge in [-0.1, -0.05) is 30.9 Å². The predicted molar refractivity (Wildman–Crippen MR) is 145 cm³/mol. The van der Waals surface area contributed by atoms with Crippen molar-refractivity contribution in [1.82, 2.24) is 26.2 Å². The molecule has 2 aliphatic heterocycles. The van der Waals surface area contributed by atoms with Crippen LogP contribution < -0.4 is 21.3 Å². The van der Waals surface area contributed by atoms with Crippen LogP contribution in [0.2, 0.25) is 0 Å². The molecular weight excluding hydrogens is 478 g/mol. The van der Waals surface area contributed by atoms with E-state index in [4.69, 9.17) is 21.3 Å². The number of nitrogens with one attached hydrogen (secondary N) is 4. The summed E-state index contributed by atoms with van der Waals surface area (Å²) in [5.74, 6) is 0.328. The molecular formula is C26H36ClN7O2. The van der Waals surface area contributed by atoms with E-state index < -0.39 is 0 Å². The Morgan fingerprint density at radius 3 is 2.89 bits per heavy atom. The van der Waals surface area contributed by atoms with Crippen LogP contribution in [0.5, 0.6) is 0 Å². The number of allylic oxidation sites excluding steroid dienone is 1. The lowest BCUT2D eigenvalue weighted by Crippen LogP contribution is -2.49. The molecule has 6 unspecified atom stereocenters. The van der Waals surface area contributed by atoms with Crippen LogP contribution in [0.4, 0.5) is 0 Å². The molecule has 4 rings (SSSR count). The van der Waals surface area contributed by atoms with E-state index in [0.29, 0.717) is 5.96 Å². The van der Waals surface area contributed by atoms with Crippen LogP contribution in [-0.4, -0.2) is 92.0 Å². The van der Waals surface area contributed by atoms with E-state index in [2.05, 4.69) is 81.1 Å². The standard InChI is InChI=1S/C26H36ClN7O2/c1-4-24(35)31-19-7-5-6-18(14-19)17(2)30-25-21(27)16-29-26(33-25)32-22-9-8-20(15-23(22)36-3)34-12-10-28-11-13-34/h4-6,8-9,14-17,19,21-23,25,28,30H,1,7,10-13H2,2-3H3,(H,31,35)(H,32,33). The lowest BCUT2D eigenvalue weighted by Gasteiger charge is -2.34. The second kappa shape index (κ2) is 12.5. The Morgan fingerprint density at radius 1 is 1.33 bits per heavy atom. The molecule has 0 spiro atoms. The van der Waals surface area contributed by atoms with E-state index in [-0.39, 0.29) is 41.7 Å². The monoisotopic (exact) mass is 513 g/mol. The molecule has 194 valence electrons. The van der Waals surface area contributed by atoms with E-state index >= 15 is 0 Å². The summed E-state index contributed by atoms with van der Waals surface area (Å²) in [7, 11) is 1.72. The van der Waals surface area contributed by atoms with Crippen LogP contribution in [0.15, 0.2) is 70.4 Å². The number of aliphatic imine (C=N–C) groups is 2. The molecule has 4 N–H and O–H groups in total. The fraction of sp³-hybridized carbons (Fsp3) is 0.500. The van der Waals surface area contributed by atoms with E-state index in [1.807, 2.05) is 0 Å². The number of rotatable bonds is 8. The molecule has 0 bridgehead atoms. The predicted octanol–water partition coefficient (Wildman–Crippen LogP) is 1.23. The van der Waals surface area contributed by atoms with Crippen molar-refractivity contribution < 1.29 is 9.53 Å². The molecule has 0 aromatic rings. The van der Waals surface area contributed by atoms with Crippen molar-refractivity contribution in [2.24, 2.45) is 9.98 Å². The van der Waals surface area contributed by atoms with Gasteiger partial charge in [-0.05, 0) is 37.1 Å². The lowest BCUT2D eigenvalue weighted by molar-refractivity contribution is -0.116. The number of alkyl halides is 1. The average Bonchev–Trinajstić information content (AvgIpc) is 2.91. The van der Waals surface area contributed by atoms with Crippen molar-refractivity contribution in [2.45, 2.75) is 49.1 Å². The van der Waals surface area contributed by atoms with Crippen molar-refractivity contribution in [3.05, 3.63) is 60.4 Å². The van der Waals surface area contributed by atoms with Crippen molar-refractivity contribution >= 4 is 29.7 Å². The molecule has 10 heteroatoms. The Labute approximate surface area is 218 Å². The molecule has 2 aliphatic carbocycles. The summed E-state index contributed by atoms with van der Waals surface area (Å²) >= 11 is 6.54. The fourth-order valence-electron chi connectivity index (χ4n) is 4.62. The third-order valence-corrected chi connectivity index (χ3v) is 6.99.